The van der Waals surface area contributed by atoms with Gasteiger partial charge in [0.1, 0.15) is 23.4 Å². The van der Waals surface area contributed by atoms with E-state index in [1.807, 2.05) is 6.07 Å². The van der Waals surface area contributed by atoms with Gasteiger partial charge in [0, 0.05) is 5.69 Å². The minimum absolute atomic E-state index is 0.144. The molecule has 3 nitrogen and oxygen atoms in total. The summed E-state index contributed by atoms with van der Waals surface area (Å²) in [6.45, 7) is 3.27. The number of nitrogens with zero attached hydrogens (tertiary/aromatic N) is 2. The second-order valence-corrected chi connectivity index (χ2v) is 4.14. The molecule has 19 heavy (non-hydrogen) atoms. The number of pyridine rings is 1. The summed E-state index contributed by atoms with van der Waals surface area (Å²) in [5, 5.41) is 11.5. The zero-order valence-corrected chi connectivity index (χ0v) is 10.5. The number of rotatable bonds is 2. The van der Waals surface area contributed by atoms with Gasteiger partial charge in [0.25, 0.3) is 0 Å². The fourth-order valence-corrected chi connectivity index (χ4v) is 1.63. The van der Waals surface area contributed by atoms with Crippen LogP contribution in [0.1, 0.15) is 16.8 Å². The summed E-state index contributed by atoms with van der Waals surface area (Å²) in [4.78, 5) is 4.08. The highest BCUT2D eigenvalue weighted by atomic mass is 19.1. The lowest BCUT2D eigenvalue weighted by atomic mass is 10.2. The lowest BCUT2D eigenvalue weighted by Crippen LogP contribution is -2.03. The molecule has 1 aromatic heterocycles. The molecule has 5 heteroatoms. The average Bonchev–Trinajstić information content (AvgIpc) is 2.39. The molecule has 0 unspecified atom stereocenters. The molecule has 0 spiro atoms. The standard InChI is InChI=1S/C14H11F2N3/c1-8-3-6-11(15)13(12(8)16)19-14-10(7-17)5-4-9(2)18-14/h3-6H,1-2H3,(H,18,19). The van der Waals surface area contributed by atoms with Gasteiger partial charge >= 0.3 is 0 Å². The number of aromatic nitrogens is 1. The van der Waals surface area contributed by atoms with Crippen LogP contribution in [-0.4, -0.2) is 4.98 Å². The van der Waals surface area contributed by atoms with Crippen LogP contribution in [0, 0.1) is 36.8 Å². The number of nitriles is 1. The van der Waals surface area contributed by atoms with E-state index in [9.17, 15) is 8.78 Å². The molecule has 0 amide bonds. The van der Waals surface area contributed by atoms with E-state index in [-0.39, 0.29) is 17.1 Å². The Morgan fingerprint density at radius 2 is 1.89 bits per heavy atom. The van der Waals surface area contributed by atoms with Crippen molar-refractivity contribution in [2.24, 2.45) is 0 Å². The van der Waals surface area contributed by atoms with Crippen molar-refractivity contribution in [3.05, 3.63) is 52.7 Å². The molecule has 0 atom stereocenters. The van der Waals surface area contributed by atoms with Gasteiger partial charge in [0.2, 0.25) is 0 Å². The van der Waals surface area contributed by atoms with Crippen LogP contribution >= 0.6 is 0 Å². The van der Waals surface area contributed by atoms with Crippen molar-refractivity contribution in [2.45, 2.75) is 13.8 Å². The topological polar surface area (TPSA) is 48.7 Å². The first-order chi connectivity index (χ1) is 9.02. The Kier molecular flexibility index (Phi) is 3.43. The van der Waals surface area contributed by atoms with Crippen molar-refractivity contribution in [1.82, 2.24) is 4.98 Å². The van der Waals surface area contributed by atoms with Crippen LogP contribution in [0.2, 0.25) is 0 Å². The van der Waals surface area contributed by atoms with Crippen LogP contribution in [0.3, 0.4) is 0 Å². The third-order valence-electron chi connectivity index (χ3n) is 2.68. The number of hydrogen-bond acceptors (Lipinski definition) is 3. The van der Waals surface area contributed by atoms with Crippen molar-refractivity contribution < 1.29 is 8.78 Å². The molecule has 0 saturated carbocycles. The van der Waals surface area contributed by atoms with Crippen molar-refractivity contribution in [2.75, 3.05) is 5.32 Å². The van der Waals surface area contributed by atoms with Crippen molar-refractivity contribution in [3.63, 3.8) is 0 Å². The normalized spacial score (nSPS) is 10.1. The lowest BCUT2D eigenvalue weighted by Gasteiger charge is -2.11. The average molecular weight is 259 g/mol. The third kappa shape index (κ3) is 2.52. The van der Waals surface area contributed by atoms with Gasteiger partial charge in [-0.1, -0.05) is 6.07 Å². The zero-order chi connectivity index (χ0) is 14.0. The molecule has 1 N–H and O–H groups in total. The van der Waals surface area contributed by atoms with Crippen LogP contribution in [0.25, 0.3) is 0 Å². The Balaban J connectivity index is 2.51. The fourth-order valence-electron chi connectivity index (χ4n) is 1.63. The first kappa shape index (κ1) is 13.0. The maximum Gasteiger partial charge on any atom is 0.152 e. The summed E-state index contributed by atoms with van der Waals surface area (Å²) in [6, 6.07) is 7.66. The summed E-state index contributed by atoms with van der Waals surface area (Å²) < 4.78 is 27.5. The van der Waals surface area contributed by atoms with Crippen molar-refractivity contribution in [1.29, 1.82) is 5.26 Å². The quantitative estimate of drug-likeness (QED) is 0.896. The second kappa shape index (κ2) is 5.02. The first-order valence-electron chi connectivity index (χ1n) is 5.62. The predicted molar refractivity (Wildman–Crippen MR) is 68.1 cm³/mol. The molecule has 2 aromatic rings. The van der Waals surface area contributed by atoms with Crippen LogP contribution in [0.15, 0.2) is 24.3 Å². The molecule has 1 aromatic carbocycles. The molecule has 0 radical (unpaired) electrons. The Hall–Kier alpha value is -2.48. The lowest BCUT2D eigenvalue weighted by molar-refractivity contribution is 0.584. The highest BCUT2D eigenvalue weighted by Gasteiger charge is 2.14. The maximum absolute atomic E-state index is 13.9. The number of benzene rings is 1. The number of halogens is 2. The summed E-state index contributed by atoms with van der Waals surface area (Å²) in [5.41, 5.74) is 0.894. The molecule has 0 aliphatic heterocycles. The summed E-state index contributed by atoms with van der Waals surface area (Å²) in [6.07, 6.45) is 0. The maximum atomic E-state index is 13.9. The predicted octanol–water partition coefficient (Wildman–Crippen LogP) is 3.59. The largest absolute Gasteiger partial charge is 0.334 e. The zero-order valence-electron chi connectivity index (χ0n) is 10.5. The van der Waals surface area contributed by atoms with E-state index in [1.165, 1.54) is 19.1 Å². The molecule has 0 aliphatic rings. The summed E-state index contributed by atoms with van der Waals surface area (Å²) >= 11 is 0. The van der Waals surface area contributed by atoms with E-state index >= 15 is 0 Å². The molecule has 0 aliphatic carbocycles. The van der Waals surface area contributed by atoms with Gasteiger partial charge in [0.15, 0.2) is 5.82 Å². The molecule has 1 heterocycles. The van der Waals surface area contributed by atoms with Gasteiger partial charge in [0.05, 0.1) is 5.56 Å². The second-order valence-electron chi connectivity index (χ2n) is 4.14. The third-order valence-corrected chi connectivity index (χ3v) is 2.68. The van der Waals surface area contributed by atoms with E-state index in [0.717, 1.165) is 0 Å². The molecule has 0 bridgehead atoms. The van der Waals surface area contributed by atoms with Gasteiger partial charge in [-0.05, 0) is 37.6 Å². The van der Waals surface area contributed by atoms with E-state index in [4.69, 9.17) is 5.26 Å². The summed E-state index contributed by atoms with van der Waals surface area (Å²) in [5.74, 6) is -1.27. The number of aryl methyl sites for hydroxylation is 2. The van der Waals surface area contributed by atoms with Crippen LogP contribution in [0.5, 0.6) is 0 Å². The summed E-state index contributed by atoms with van der Waals surface area (Å²) in [7, 11) is 0. The highest BCUT2D eigenvalue weighted by Crippen LogP contribution is 2.26. The molecule has 2 rings (SSSR count). The van der Waals surface area contributed by atoms with Gasteiger partial charge in [-0.15, -0.1) is 0 Å². The molecule has 96 valence electrons. The Morgan fingerprint density at radius 3 is 2.58 bits per heavy atom. The number of hydrogen-bond donors (Lipinski definition) is 1. The molecule has 0 fully saturated rings. The van der Waals surface area contributed by atoms with Crippen molar-refractivity contribution >= 4 is 11.5 Å². The SMILES string of the molecule is Cc1ccc(C#N)c(Nc2c(F)ccc(C)c2F)n1. The minimum atomic E-state index is -0.727. The van der Waals surface area contributed by atoms with E-state index in [2.05, 4.69) is 10.3 Å². The monoisotopic (exact) mass is 259 g/mol. The Bertz CT molecular complexity index is 675. The Labute approximate surface area is 109 Å². The molecule has 0 saturated heterocycles. The highest BCUT2D eigenvalue weighted by molar-refractivity contribution is 5.64. The smallest absolute Gasteiger partial charge is 0.152 e. The molecular formula is C14H11F2N3. The fraction of sp³-hybridized carbons (Fsp3) is 0.143. The number of nitrogens with one attached hydrogen (secondary N) is 1. The molecular weight excluding hydrogens is 248 g/mol. The Morgan fingerprint density at radius 1 is 1.16 bits per heavy atom. The van der Waals surface area contributed by atoms with E-state index < -0.39 is 11.6 Å². The van der Waals surface area contributed by atoms with E-state index in [1.54, 1.807) is 19.1 Å². The minimum Gasteiger partial charge on any atom is -0.334 e. The number of anilines is 2. The van der Waals surface area contributed by atoms with Gasteiger partial charge in [-0.2, -0.15) is 5.26 Å². The van der Waals surface area contributed by atoms with Crippen LogP contribution < -0.4 is 5.32 Å². The van der Waals surface area contributed by atoms with Crippen LogP contribution in [-0.2, 0) is 0 Å². The van der Waals surface area contributed by atoms with E-state index in [0.29, 0.717) is 11.3 Å². The van der Waals surface area contributed by atoms with Crippen molar-refractivity contribution in [3.8, 4) is 6.07 Å². The van der Waals surface area contributed by atoms with Crippen LogP contribution in [0.4, 0.5) is 20.3 Å². The van der Waals surface area contributed by atoms with Gasteiger partial charge in [-0.25, -0.2) is 13.8 Å². The van der Waals surface area contributed by atoms with Gasteiger partial charge < -0.3 is 5.32 Å². The van der Waals surface area contributed by atoms with Gasteiger partial charge in [-0.3, -0.25) is 0 Å². The first-order valence-corrected chi connectivity index (χ1v) is 5.62.